The number of carbonyl (C=O) groups is 2. The van der Waals surface area contributed by atoms with Crippen molar-refractivity contribution in [2.75, 3.05) is 26.4 Å². The van der Waals surface area contributed by atoms with E-state index in [2.05, 4.69) is 28.4 Å². The van der Waals surface area contributed by atoms with E-state index in [4.69, 9.17) is 0 Å². The average molecular weight is 820 g/mol. The molecular formula is C20H15F23O8. The summed E-state index contributed by atoms with van der Waals surface area (Å²) >= 11 is 0. The summed E-state index contributed by atoms with van der Waals surface area (Å²) in [5, 5.41) is 0. The second-order valence-corrected chi connectivity index (χ2v) is 8.99. The number of hydrogen-bond donors (Lipinski definition) is 0. The van der Waals surface area contributed by atoms with Crippen molar-refractivity contribution in [1.82, 2.24) is 0 Å². The van der Waals surface area contributed by atoms with Gasteiger partial charge in [-0.2, -0.15) is 101 Å². The molecule has 0 aliphatic rings. The van der Waals surface area contributed by atoms with Crippen LogP contribution in [0, 0.1) is 0 Å². The van der Waals surface area contributed by atoms with Gasteiger partial charge in [0, 0.05) is 6.42 Å². The van der Waals surface area contributed by atoms with Gasteiger partial charge in [0.2, 0.25) is 0 Å². The van der Waals surface area contributed by atoms with Crippen LogP contribution in [-0.4, -0.2) is 111 Å². The molecule has 51 heavy (non-hydrogen) atoms. The van der Waals surface area contributed by atoms with Gasteiger partial charge >= 0.3 is 72.7 Å². The number of hydrogen-bond acceptors (Lipinski definition) is 8. The van der Waals surface area contributed by atoms with E-state index in [0.29, 0.717) is 6.92 Å². The Morgan fingerprint density at radius 3 is 1.41 bits per heavy atom. The summed E-state index contributed by atoms with van der Waals surface area (Å²) < 4.78 is 319. The van der Waals surface area contributed by atoms with Gasteiger partial charge in [-0.3, -0.25) is 4.74 Å². The van der Waals surface area contributed by atoms with E-state index in [-0.39, 0.29) is 0 Å². The minimum atomic E-state index is -7.55. The Morgan fingerprint density at radius 2 is 1.04 bits per heavy atom. The quantitative estimate of drug-likeness (QED) is 0.0863. The van der Waals surface area contributed by atoms with Crippen LogP contribution in [0.25, 0.3) is 0 Å². The maximum atomic E-state index is 14.4. The van der Waals surface area contributed by atoms with Crippen LogP contribution in [-0.2, 0) is 38.0 Å². The van der Waals surface area contributed by atoms with Crippen LogP contribution in [0.5, 0.6) is 0 Å². The zero-order valence-corrected chi connectivity index (χ0v) is 23.6. The Hall–Kier alpha value is -2.83. The van der Waals surface area contributed by atoms with Gasteiger partial charge < -0.3 is 23.7 Å². The minimum absolute atomic E-state index is 0.500. The lowest BCUT2D eigenvalue weighted by Crippen LogP contribution is -2.62. The Labute approximate surface area is 264 Å². The molecule has 0 aliphatic carbocycles. The Bertz CT molecular complexity index is 1160. The number of esters is 2. The van der Waals surface area contributed by atoms with Crippen LogP contribution in [0.15, 0.2) is 0 Å². The molecular weight excluding hydrogens is 805 g/mol. The van der Waals surface area contributed by atoms with Crippen molar-refractivity contribution in [3.63, 3.8) is 0 Å². The van der Waals surface area contributed by atoms with Crippen LogP contribution < -0.4 is 0 Å². The van der Waals surface area contributed by atoms with E-state index in [1.165, 1.54) is 0 Å². The van der Waals surface area contributed by atoms with E-state index < -0.39 is 118 Å². The van der Waals surface area contributed by atoms with Crippen LogP contribution >= 0.6 is 0 Å². The van der Waals surface area contributed by atoms with Gasteiger partial charge in [-0.25, -0.2) is 9.59 Å². The van der Waals surface area contributed by atoms with E-state index in [9.17, 15) is 111 Å². The van der Waals surface area contributed by atoms with Gasteiger partial charge in [0.25, 0.3) is 6.10 Å². The van der Waals surface area contributed by atoms with Crippen molar-refractivity contribution in [3.05, 3.63) is 0 Å². The summed E-state index contributed by atoms with van der Waals surface area (Å²) in [6, 6.07) is 0. The summed E-state index contributed by atoms with van der Waals surface area (Å²) in [6.45, 7) is -10.8. The standard InChI is InChI=1S/C20H15F23O8/c1-2-12(23,24)50-7(14(26,27)28)5-48-13(25,18(36,37)38)10(45)47-4-3-46-9(44)8(15(29,30)31)51-20(42,43)16(32,19(39,40)41)49-6-11(21,22)17(33,34)35/h7-8H,2-6H2,1H3. The molecule has 8 nitrogen and oxygen atoms in total. The second-order valence-electron chi connectivity index (χ2n) is 8.99. The lowest BCUT2D eigenvalue weighted by molar-refractivity contribution is -0.479. The molecule has 31 heteroatoms. The third kappa shape index (κ3) is 12.4. The molecule has 0 saturated carbocycles. The Morgan fingerprint density at radius 1 is 0.569 bits per heavy atom. The number of rotatable bonds is 17. The smallest absolute Gasteiger partial charge is 0.460 e. The molecule has 4 atom stereocenters. The summed E-state index contributed by atoms with van der Waals surface area (Å²) in [6.07, 6.45) is -57.1. The van der Waals surface area contributed by atoms with Crippen LogP contribution in [0.4, 0.5) is 101 Å². The molecule has 4 unspecified atom stereocenters. The molecule has 0 aliphatic heterocycles. The zero-order chi connectivity index (χ0) is 41.1. The number of ether oxygens (including phenoxy) is 6. The monoisotopic (exact) mass is 820 g/mol. The minimum Gasteiger partial charge on any atom is -0.460 e. The third-order valence-electron chi connectivity index (χ3n) is 5.10. The normalized spacial score (nSPS) is 18.0. The SMILES string of the molecule is CCC(F)(F)OC(COC(F)(C(=O)OCCOC(=O)C(OC(F)(F)C(F)(OCC(F)(F)C(F)(F)F)C(F)(F)F)C(F)(F)F)C(F)(F)F)C(F)(F)F. The van der Waals surface area contributed by atoms with Gasteiger partial charge in [-0.1, -0.05) is 6.92 Å². The van der Waals surface area contributed by atoms with Crippen LogP contribution in [0.3, 0.4) is 0 Å². The van der Waals surface area contributed by atoms with Gasteiger partial charge in [0.1, 0.15) is 19.8 Å². The van der Waals surface area contributed by atoms with Crippen molar-refractivity contribution in [2.45, 2.75) is 86.3 Å². The molecule has 0 fully saturated rings. The highest BCUT2D eigenvalue weighted by molar-refractivity contribution is 5.79. The predicted octanol–water partition coefficient (Wildman–Crippen LogP) is 7.25. The van der Waals surface area contributed by atoms with E-state index >= 15 is 0 Å². The van der Waals surface area contributed by atoms with E-state index in [1.54, 1.807) is 0 Å². The average Bonchev–Trinajstić information content (AvgIpc) is 2.91. The highest BCUT2D eigenvalue weighted by atomic mass is 19.4. The first-order chi connectivity index (χ1) is 22.2. The first-order valence-corrected chi connectivity index (χ1v) is 12.0. The highest BCUT2D eigenvalue weighted by Crippen LogP contribution is 2.50. The van der Waals surface area contributed by atoms with Crippen LogP contribution in [0.1, 0.15) is 13.3 Å². The van der Waals surface area contributed by atoms with Crippen molar-refractivity contribution >= 4 is 11.9 Å². The van der Waals surface area contributed by atoms with Gasteiger partial charge in [0.15, 0.2) is 6.10 Å². The molecule has 304 valence electrons. The van der Waals surface area contributed by atoms with Gasteiger partial charge in [-0.15, -0.1) is 0 Å². The molecule has 0 heterocycles. The zero-order valence-electron chi connectivity index (χ0n) is 23.6. The molecule has 0 aromatic heterocycles. The predicted molar refractivity (Wildman–Crippen MR) is 107 cm³/mol. The lowest BCUT2D eigenvalue weighted by Gasteiger charge is -2.36. The molecule has 0 N–H and O–H groups in total. The topological polar surface area (TPSA) is 89.5 Å². The van der Waals surface area contributed by atoms with E-state index in [1.807, 2.05) is 0 Å². The van der Waals surface area contributed by atoms with Crippen LogP contribution in [0.2, 0.25) is 0 Å². The summed E-state index contributed by atoms with van der Waals surface area (Å²) in [7, 11) is 0. The molecule has 0 spiro atoms. The second kappa shape index (κ2) is 15.6. The largest absolute Gasteiger partial charge is 0.460 e. The Balaban J connectivity index is 5.96. The maximum Gasteiger partial charge on any atom is 0.460 e. The van der Waals surface area contributed by atoms with Crippen molar-refractivity contribution in [3.8, 4) is 0 Å². The van der Waals surface area contributed by atoms with Gasteiger partial charge in [0.05, 0.1) is 6.61 Å². The molecule has 0 rings (SSSR count). The summed E-state index contributed by atoms with van der Waals surface area (Å²) in [5.74, 6) is -27.0. The fourth-order valence-corrected chi connectivity index (χ4v) is 2.45. The lowest BCUT2D eigenvalue weighted by atomic mass is 10.2. The number of alkyl halides is 23. The molecule has 0 aromatic carbocycles. The first-order valence-electron chi connectivity index (χ1n) is 12.0. The van der Waals surface area contributed by atoms with Gasteiger partial charge in [-0.05, 0) is 0 Å². The summed E-state index contributed by atoms with van der Waals surface area (Å²) in [4.78, 5) is 23.2. The molecule has 0 bridgehead atoms. The fourth-order valence-electron chi connectivity index (χ4n) is 2.45. The highest BCUT2D eigenvalue weighted by Gasteiger charge is 2.77. The maximum absolute atomic E-state index is 14.4. The third-order valence-corrected chi connectivity index (χ3v) is 5.10. The number of halogens is 23. The number of carbonyl (C=O) groups excluding carboxylic acids is 2. The van der Waals surface area contributed by atoms with Crippen molar-refractivity contribution in [1.29, 1.82) is 0 Å². The fraction of sp³-hybridized carbons (Fsp3) is 0.900. The van der Waals surface area contributed by atoms with E-state index in [0.717, 1.165) is 0 Å². The molecule has 0 saturated heterocycles. The van der Waals surface area contributed by atoms with Crippen molar-refractivity contribution in [2.24, 2.45) is 0 Å². The molecule has 0 aromatic rings. The molecule has 0 radical (unpaired) electrons. The Kier molecular flexibility index (Phi) is 14.8. The van der Waals surface area contributed by atoms with Crippen molar-refractivity contribution < 1.29 is 139 Å². The summed E-state index contributed by atoms with van der Waals surface area (Å²) in [5.41, 5.74) is 0. The first kappa shape index (κ1) is 48.2. The molecule has 0 amide bonds.